The number of sulfonamides is 1. The average Bonchev–Trinajstić information content (AvgIpc) is 2.97. The van der Waals surface area contributed by atoms with Crippen LogP contribution in [0.5, 0.6) is 5.75 Å². The van der Waals surface area contributed by atoms with Crippen molar-refractivity contribution in [1.82, 2.24) is 14.9 Å². The number of nitrogens with zero attached hydrogens (tertiary/aromatic N) is 1. The number of aromatic amines is 1. The Bertz CT molecular complexity index is 649. The van der Waals surface area contributed by atoms with Crippen molar-refractivity contribution >= 4 is 10.0 Å². The highest BCUT2D eigenvalue weighted by molar-refractivity contribution is 7.89. The molecule has 21 heavy (non-hydrogen) atoms. The number of ether oxygens (including phenoxy) is 1. The van der Waals surface area contributed by atoms with Crippen LogP contribution in [0.4, 0.5) is 0 Å². The quantitative estimate of drug-likeness (QED) is 0.818. The van der Waals surface area contributed by atoms with E-state index in [4.69, 9.17) is 4.74 Å². The topological polar surface area (TPSA) is 84.1 Å². The van der Waals surface area contributed by atoms with E-state index in [1.54, 1.807) is 24.4 Å². The molecule has 0 aliphatic carbocycles. The summed E-state index contributed by atoms with van der Waals surface area (Å²) in [4.78, 5) is 0.207. The number of rotatable bonds is 7. The predicted molar refractivity (Wildman–Crippen MR) is 79.4 cm³/mol. The highest BCUT2D eigenvalue weighted by Gasteiger charge is 2.14. The SMILES string of the molecule is CC(C)COc1ccc(S(=O)(=O)NCc2ccn[nH]2)cc1. The standard InChI is InChI=1S/C14H19N3O3S/c1-11(2)10-20-13-3-5-14(6-4-13)21(18,19)16-9-12-7-8-15-17-12/h3-8,11,16H,9-10H2,1-2H3,(H,15,17). The lowest BCUT2D eigenvalue weighted by molar-refractivity contribution is 0.271. The molecule has 0 aliphatic rings. The summed E-state index contributed by atoms with van der Waals surface area (Å²) in [6, 6.07) is 8.10. The van der Waals surface area contributed by atoms with Crippen LogP contribution >= 0.6 is 0 Å². The zero-order chi connectivity index (χ0) is 15.3. The fraction of sp³-hybridized carbons (Fsp3) is 0.357. The molecule has 2 N–H and O–H groups in total. The first-order chi connectivity index (χ1) is 9.97. The molecule has 0 saturated carbocycles. The first kappa shape index (κ1) is 15.5. The summed E-state index contributed by atoms with van der Waals surface area (Å²) in [7, 11) is -3.54. The molecule has 2 aromatic rings. The lowest BCUT2D eigenvalue weighted by atomic mass is 10.2. The summed E-state index contributed by atoms with van der Waals surface area (Å²) in [6.07, 6.45) is 1.57. The Morgan fingerprint density at radius 1 is 1.24 bits per heavy atom. The van der Waals surface area contributed by atoms with Gasteiger partial charge in [0.1, 0.15) is 5.75 Å². The highest BCUT2D eigenvalue weighted by atomic mass is 32.2. The van der Waals surface area contributed by atoms with E-state index in [-0.39, 0.29) is 11.4 Å². The van der Waals surface area contributed by atoms with Crippen molar-refractivity contribution in [3.63, 3.8) is 0 Å². The molecule has 0 atom stereocenters. The molecular weight excluding hydrogens is 290 g/mol. The maximum atomic E-state index is 12.1. The Morgan fingerprint density at radius 2 is 1.95 bits per heavy atom. The monoisotopic (exact) mass is 309 g/mol. The van der Waals surface area contributed by atoms with Crippen molar-refractivity contribution in [2.24, 2.45) is 5.92 Å². The number of nitrogens with one attached hydrogen (secondary N) is 2. The maximum Gasteiger partial charge on any atom is 0.240 e. The van der Waals surface area contributed by atoms with Gasteiger partial charge in [0, 0.05) is 6.20 Å². The molecule has 1 aromatic heterocycles. The summed E-state index contributed by atoms with van der Waals surface area (Å²) in [5, 5.41) is 6.47. The van der Waals surface area contributed by atoms with Crippen molar-refractivity contribution in [2.75, 3.05) is 6.61 Å². The third kappa shape index (κ3) is 4.57. The van der Waals surface area contributed by atoms with E-state index in [2.05, 4.69) is 28.8 Å². The zero-order valence-electron chi connectivity index (χ0n) is 12.0. The summed E-state index contributed by atoms with van der Waals surface area (Å²) in [5.74, 6) is 1.08. The van der Waals surface area contributed by atoms with Gasteiger partial charge in [-0.1, -0.05) is 13.8 Å². The van der Waals surface area contributed by atoms with Gasteiger partial charge in [0.15, 0.2) is 0 Å². The minimum absolute atomic E-state index is 0.175. The molecule has 0 radical (unpaired) electrons. The molecule has 0 bridgehead atoms. The van der Waals surface area contributed by atoms with Crippen molar-refractivity contribution in [1.29, 1.82) is 0 Å². The van der Waals surface area contributed by atoms with Crippen molar-refractivity contribution in [3.05, 3.63) is 42.2 Å². The van der Waals surface area contributed by atoms with Crippen LogP contribution in [0.1, 0.15) is 19.5 Å². The van der Waals surface area contributed by atoms with E-state index in [9.17, 15) is 8.42 Å². The molecule has 1 aromatic carbocycles. The van der Waals surface area contributed by atoms with Gasteiger partial charge >= 0.3 is 0 Å². The number of benzene rings is 1. The Morgan fingerprint density at radius 3 is 2.52 bits per heavy atom. The van der Waals surface area contributed by atoms with Crippen LogP contribution in [0.2, 0.25) is 0 Å². The Hall–Kier alpha value is -1.86. The lowest BCUT2D eigenvalue weighted by Crippen LogP contribution is -2.23. The van der Waals surface area contributed by atoms with Crippen molar-refractivity contribution in [2.45, 2.75) is 25.3 Å². The summed E-state index contributed by atoms with van der Waals surface area (Å²) in [5.41, 5.74) is 0.704. The van der Waals surface area contributed by atoms with Crippen LogP contribution in [0.3, 0.4) is 0 Å². The summed E-state index contributed by atoms with van der Waals surface area (Å²) in [6.45, 7) is 4.88. The molecule has 0 aliphatic heterocycles. The predicted octanol–water partition coefficient (Wildman–Crippen LogP) is 1.92. The Balaban J connectivity index is 1.99. The lowest BCUT2D eigenvalue weighted by Gasteiger charge is -2.10. The van der Waals surface area contributed by atoms with E-state index in [0.717, 1.165) is 0 Å². The number of H-pyrrole nitrogens is 1. The second-order valence-electron chi connectivity index (χ2n) is 5.08. The smallest absolute Gasteiger partial charge is 0.240 e. The molecule has 1 heterocycles. The van der Waals surface area contributed by atoms with Gasteiger partial charge < -0.3 is 4.74 Å². The maximum absolute atomic E-state index is 12.1. The average molecular weight is 309 g/mol. The Kier molecular flexibility index (Phi) is 4.98. The van der Waals surface area contributed by atoms with Gasteiger partial charge in [-0.05, 0) is 36.2 Å². The van der Waals surface area contributed by atoms with E-state index in [1.165, 1.54) is 12.1 Å². The normalized spacial score (nSPS) is 11.8. The first-order valence-corrected chi connectivity index (χ1v) is 8.16. The fourth-order valence-corrected chi connectivity index (χ4v) is 2.62. The van der Waals surface area contributed by atoms with E-state index in [1.807, 2.05) is 0 Å². The van der Waals surface area contributed by atoms with E-state index >= 15 is 0 Å². The van der Waals surface area contributed by atoms with Crippen molar-refractivity contribution < 1.29 is 13.2 Å². The molecule has 2 rings (SSSR count). The molecule has 0 spiro atoms. The summed E-state index contributed by atoms with van der Waals surface area (Å²) < 4.78 is 32.3. The first-order valence-electron chi connectivity index (χ1n) is 6.68. The Labute approximate surface area is 124 Å². The second-order valence-corrected chi connectivity index (χ2v) is 6.85. The second kappa shape index (κ2) is 6.73. The third-order valence-electron chi connectivity index (χ3n) is 2.73. The molecule has 0 unspecified atom stereocenters. The largest absolute Gasteiger partial charge is 0.493 e. The molecule has 114 valence electrons. The van der Waals surface area contributed by atoms with Crippen LogP contribution in [-0.2, 0) is 16.6 Å². The number of hydrogen-bond acceptors (Lipinski definition) is 4. The number of hydrogen-bond donors (Lipinski definition) is 2. The van der Waals surface area contributed by atoms with Gasteiger partial charge in [-0.25, -0.2) is 13.1 Å². The molecule has 6 nitrogen and oxygen atoms in total. The van der Waals surface area contributed by atoms with Crippen LogP contribution in [0.15, 0.2) is 41.4 Å². The zero-order valence-corrected chi connectivity index (χ0v) is 12.9. The molecule has 0 fully saturated rings. The molecular formula is C14H19N3O3S. The summed E-state index contributed by atoms with van der Waals surface area (Å²) >= 11 is 0. The van der Waals surface area contributed by atoms with Gasteiger partial charge in [-0.3, -0.25) is 5.10 Å². The molecule has 0 amide bonds. The minimum Gasteiger partial charge on any atom is -0.493 e. The van der Waals surface area contributed by atoms with Gasteiger partial charge in [0.25, 0.3) is 0 Å². The van der Waals surface area contributed by atoms with Crippen LogP contribution in [0.25, 0.3) is 0 Å². The van der Waals surface area contributed by atoms with Crippen molar-refractivity contribution in [3.8, 4) is 5.75 Å². The van der Waals surface area contributed by atoms with Gasteiger partial charge in [0.05, 0.1) is 23.7 Å². The fourth-order valence-electron chi connectivity index (χ4n) is 1.62. The molecule has 0 saturated heterocycles. The van der Waals surface area contributed by atoms with Gasteiger partial charge in [0.2, 0.25) is 10.0 Å². The third-order valence-corrected chi connectivity index (χ3v) is 4.15. The minimum atomic E-state index is -3.54. The van der Waals surface area contributed by atoms with Gasteiger partial charge in [-0.2, -0.15) is 5.10 Å². The van der Waals surface area contributed by atoms with Gasteiger partial charge in [-0.15, -0.1) is 0 Å². The van der Waals surface area contributed by atoms with Crippen LogP contribution in [0, 0.1) is 5.92 Å². The van der Waals surface area contributed by atoms with Crippen LogP contribution < -0.4 is 9.46 Å². The van der Waals surface area contributed by atoms with E-state index < -0.39 is 10.0 Å². The number of aromatic nitrogens is 2. The highest BCUT2D eigenvalue weighted by Crippen LogP contribution is 2.16. The molecule has 7 heteroatoms. The van der Waals surface area contributed by atoms with E-state index in [0.29, 0.717) is 24.0 Å². The van der Waals surface area contributed by atoms with Crippen LogP contribution in [-0.4, -0.2) is 25.2 Å².